The lowest BCUT2D eigenvalue weighted by Gasteiger charge is -2.19. The number of hydrogen-bond acceptors (Lipinski definition) is 4. The first-order chi connectivity index (χ1) is 9.59. The molecule has 2 aliphatic rings. The number of fused-ring (bicyclic) bond motifs is 1. The van der Waals surface area contributed by atoms with Crippen molar-refractivity contribution in [3.05, 3.63) is 24.3 Å². The molecule has 3 atom stereocenters. The van der Waals surface area contributed by atoms with Crippen LogP contribution in [0.2, 0.25) is 0 Å². The summed E-state index contributed by atoms with van der Waals surface area (Å²) in [7, 11) is 0. The maximum atomic E-state index is 12.4. The van der Waals surface area contributed by atoms with Crippen LogP contribution in [-0.2, 0) is 20.7 Å². The fourth-order valence-electron chi connectivity index (χ4n) is 3.12. The number of amides is 2. The predicted octanol–water partition coefficient (Wildman–Crippen LogP) is 1.60. The van der Waals surface area contributed by atoms with Crippen LogP contribution in [0.1, 0.15) is 25.7 Å². The van der Waals surface area contributed by atoms with Crippen molar-refractivity contribution in [2.24, 2.45) is 11.8 Å². The van der Waals surface area contributed by atoms with E-state index < -0.39 is 11.1 Å². The Bertz CT molecular complexity index is 559. The molecule has 1 heterocycles. The second kappa shape index (κ2) is 5.10. The second-order valence-electron chi connectivity index (χ2n) is 5.24. The molecule has 0 radical (unpaired) electrons. The van der Waals surface area contributed by atoms with Crippen molar-refractivity contribution in [2.45, 2.75) is 30.6 Å². The van der Waals surface area contributed by atoms with Gasteiger partial charge in [-0.15, -0.1) is 0 Å². The number of benzene rings is 1. The molecule has 0 bridgehead atoms. The third-order valence-electron chi connectivity index (χ3n) is 4.13. The fourth-order valence-corrected chi connectivity index (χ4v) is 3.48. The Hall–Kier alpha value is -1.53. The van der Waals surface area contributed by atoms with Crippen LogP contribution in [0.5, 0.6) is 0 Å². The Morgan fingerprint density at radius 3 is 1.95 bits per heavy atom. The van der Waals surface area contributed by atoms with Gasteiger partial charge in [0.25, 0.3) is 0 Å². The average molecular weight is 292 g/mol. The Kier molecular flexibility index (Phi) is 3.43. The summed E-state index contributed by atoms with van der Waals surface area (Å²) >= 11 is -2.30. The van der Waals surface area contributed by atoms with Gasteiger partial charge >= 0.3 is 0 Å². The van der Waals surface area contributed by atoms with E-state index >= 15 is 0 Å². The summed E-state index contributed by atoms with van der Waals surface area (Å²) < 4.78 is 21.6. The fraction of sp³-hybridized carbons (Fsp3) is 0.429. The number of anilines is 1. The van der Waals surface area contributed by atoms with Gasteiger partial charge in [0, 0.05) is 4.90 Å². The van der Waals surface area contributed by atoms with Crippen LogP contribution in [0.4, 0.5) is 5.69 Å². The molecule has 106 valence electrons. The van der Waals surface area contributed by atoms with Crippen LogP contribution in [0.3, 0.4) is 0 Å². The third kappa shape index (κ3) is 2.09. The van der Waals surface area contributed by atoms with Gasteiger partial charge in [0.1, 0.15) is 0 Å². The van der Waals surface area contributed by atoms with E-state index in [4.69, 9.17) is 0 Å². The zero-order valence-corrected chi connectivity index (χ0v) is 11.6. The lowest BCUT2D eigenvalue weighted by Crippen LogP contribution is -2.30. The van der Waals surface area contributed by atoms with E-state index in [2.05, 4.69) is 0 Å². The molecule has 1 aliphatic carbocycles. The Morgan fingerprint density at radius 2 is 1.50 bits per heavy atom. The highest BCUT2D eigenvalue weighted by Gasteiger charge is 2.48. The van der Waals surface area contributed by atoms with Gasteiger partial charge in [0.05, 0.1) is 17.5 Å². The molecule has 2 amide bonds. The molecule has 20 heavy (non-hydrogen) atoms. The minimum atomic E-state index is -2.30. The van der Waals surface area contributed by atoms with E-state index in [0.717, 1.165) is 25.7 Å². The molecule has 1 saturated carbocycles. The summed E-state index contributed by atoms with van der Waals surface area (Å²) in [6.07, 6.45) is 3.52. The molecular weight excluding hydrogens is 278 g/mol. The zero-order chi connectivity index (χ0) is 14.3. The summed E-state index contributed by atoms with van der Waals surface area (Å²) in [4.78, 5) is 26.1. The summed E-state index contributed by atoms with van der Waals surface area (Å²) in [5.74, 6) is -0.666. The molecule has 1 aromatic carbocycles. The van der Waals surface area contributed by atoms with Gasteiger partial charge in [-0.05, 0) is 48.2 Å². The first-order valence-corrected chi connectivity index (χ1v) is 7.74. The number of hydrogen-bond donors (Lipinski definition) is 0. The van der Waals surface area contributed by atoms with Gasteiger partial charge in [0.2, 0.25) is 11.8 Å². The number of rotatable bonds is 2. The SMILES string of the molecule is O=C1C2CCCCC2C(=O)N1c1ccc(S(=O)[O-])cc1. The average Bonchev–Trinajstić information content (AvgIpc) is 2.72. The van der Waals surface area contributed by atoms with Gasteiger partial charge in [-0.2, -0.15) is 0 Å². The van der Waals surface area contributed by atoms with Crippen molar-refractivity contribution in [3.63, 3.8) is 0 Å². The van der Waals surface area contributed by atoms with Crippen LogP contribution in [0.15, 0.2) is 29.2 Å². The minimum Gasteiger partial charge on any atom is -0.768 e. The maximum Gasteiger partial charge on any atom is 0.237 e. The molecule has 3 rings (SSSR count). The molecule has 0 aromatic heterocycles. The van der Waals surface area contributed by atoms with Crippen LogP contribution in [0, 0.1) is 11.8 Å². The van der Waals surface area contributed by atoms with Gasteiger partial charge in [-0.3, -0.25) is 18.7 Å². The van der Waals surface area contributed by atoms with Gasteiger partial charge in [0.15, 0.2) is 0 Å². The topological polar surface area (TPSA) is 77.5 Å². The number of nitrogens with zero attached hydrogens (tertiary/aromatic N) is 1. The van der Waals surface area contributed by atoms with E-state index in [0.29, 0.717) is 5.69 Å². The maximum absolute atomic E-state index is 12.4. The molecule has 1 aromatic rings. The smallest absolute Gasteiger partial charge is 0.237 e. The van der Waals surface area contributed by atoms with Crippen LogP contribution in [0.25, 0.3) is 0 Å². The van der Waals surface area contributed by atoms with E-state index in [-0.39, 0.29) is 28.5 Å². The molecule has 5 nitrogen and oxygen atoms in total. The summed E-state index contributed by atoms with van der Waals surface area (Å²) in [6.45, 7) is 0. The van der Waals surface area contributed by atoms with E-state index in [1.54, 1.807) is 0 Å². The van der Waals surface area contributed by atoms with Crippen LogP contribution >= 0.6 is 0 Å². The van der Waals surface area contributed by atoms with Crippen LogP contribution in [-0.4, -0.2) is 20.6 Å². The van der Waals surface area contributed by atoms with E-state index in [1.807, 2.05) is 0 Å². The van der Waals surface area contributed by atoms with Gasteiger partial charge in [-0.25, -0.2) is 0 Å². The molecule has 6 heteroatoms. The molecular formula is C14H14NO4S-. The molecule has 0 spiro atoms. The highest BCUT2D eigenvalue weighted by molar-refractivity contribution is 7.79. The van der Waals surface area contributed by atoms with Crippen LogP contribution < -0.4 is 4.90 Å². The lowest BCUT2D eigenvalue weighted by atomic mass is 9.81. The molecule has 2 fully saturated rings. The van der Waals surface area contributed by atoms with Crippen molar-refractivity contribution < 1.29 is 18.4 Å². The number of carbonyl (C=O) groups is 2. The quantitative estimate of drug-likeness (QED) is 0.613. The lowest BCUT2D eigenvalue weighted by molar-refractivity contribution is -0.122. The van der Waals surface area contributed by atoms with Crippen molar-refractivity contribution >= 4 is 28.6 Å². The van der Waals surface area contributed by atoms with Crippen molar-refractivity contribution in [1.29, 1.82) is 0 Å². The Labute approximate surface area is 119 Å². The van der Waals surface area contributed by atoms with Gasteiger partial charge in [-0.1, -0.05) is 12.8 Å². The highest BCUT2D eigenvalue weighted by Crippen LogP contribution is 2.40. The summed E-state index contributed by atoms with van der Waals surface area (Å²) in [5, 5.41) is 0. The van der Waals surface area contributed by atoms with Crippen molar-refractivity contribution in [3.8, 4) is 0 Å². The first-order valence-electron chi connectivity index (χ1n) is 6.67. The number of imide groups is 1. The van der Waals surface area contributed by atoms with E-state index in [9.17, 15) is 18.4 Å². The van der Waals surface area contributed by atoms with Crippen molar-refractivity contribution in [1.82, 2.24) is 0 Å². The minimum absolute atomic E-state index is 0.143. The highest BCUT2D eigenvalue weighted by atomic mass is 32.2. The first kappa shape index (κ1) is 13.5. The predicted molar refractivity (Wildman–Crippen MR) is 71.6 cm³/mol. The standard InChI is InChI=1S/C14H15NO4S/c16-13-11-3-1-2-4-12(11)14(17)15(13)9-5-7-10(8-6-9)20(18)19/h5-8,11-12H,1-4H2,(H,18,19)/p-1. The van der Waals surface area contributed by atoms with Gasteiger partial charge < -0.3 is 4.55 Å². The second-order valence-corrected chi connectivity index (χ2v) is 6.18. The zero-order valence-electron chi connectivity index (χ0n) is 10.8. The van der Waals surface area contributed by atoms with E-state index in [1.165, 1.54) is 29.2 Å². The van der Waals surface area contributed by atoms with Crippen molar-refractivity contribution in [2.75, 3.05) is 4.90 Å². The molecule has 1 saturated heterocycles. The molecule has 3 unspecified atom stereocenters. The monoisotopic (exact) mass is 292 g/mol. The molecule has 0 N–H and O–H groups in total. The largest absolute Gasteiger partial charge is 0.768 e. The summed E-state index contributed by atoms with van der Waals surface area (Å²) in [6, 6.07) is 5.83. The third-order valence-corrected chi connectivity index (χ3v) is 4.79. The Balaban J connectivity index is 1.91. The normalized spacial score (nSPS) is 27.6. The molecule has 1 aliphatic heterocycles. The Morgan fingerprint density at radius 1 is 1.00 bits per heavy atom. The number of carbonyl (C=O) groups excluding carboxylic acids is 2. The summed E-state index contributed by atoms with van der Waals surface area (Å²) in [5.41, 5.74) is 0.462.